The molecule has 1 unspecified atom stereocenters. The molecule has 1 heterocycles. The summed E-state index contributed by atoms with van der Waals surface area (Å²) < 4.78 is 2.05. The highest BCUT2D eigenvalue weighted by atomic mass is 32.2. The molecular formula is C11H21N3S. The molecule has 0 saturated carbocycles. The predicted octanol–water partition coefficient (Wildman–Crippen LogP) is 2.31. The van der Waals surface area contributed by atoms with Gasteiger partial charge in [0.15, 0.2) is 0 Å². The molecule has 0 amide bonds. The van der Waals surface area contributed by atoms with Crippen LogP contribution in [0.25, 0.3) is 0 Å². The molecule has 1 atom stereocenters. The number of aromatic nitrogens is 2. The Morgan fingerprint density at radius 1 is 1.60 bits per heavy atom. The number of nitrogens with zero attached hydrogens (tertiary/aromatic N) is 2. The van der Waals surface area contributed by atoms with Gasteiger partial charge in [0, 0.05) is 24.3 Å². The Morgan fingerprint density at radius 2 is 2.40 bits per heavy atom. The number of hydrogen-bond acceptors (Lipinski definition) is 3. The molecule has 1 rings (SSSR count). The molecule has 0 aromatic carbocycles. The zero-order valence-electron chi connectivity index (χ0n) is 9.86. The minimum absolute atomic E-state index is 0.444. The van der Waals surface area contributed by atoms with Crippen molar-refractivity contribution in [2.45, 2.75) is 32.4 Å². The van der Waals surface area contributed by atoms with Gasteiger partial charge >= 0.3 is 0 Å². The maximum Gasteiger partial charge on any atom is 0.0537 e. The van der Waals surface area contributed by atoms with Gasteiger partial charge in [0.25, 0.3) is 0 Å². The normalized spacial score (nSPS) is 13.0. The summed E-state index contributed by atoms with van der Waals surface area (Å²) in [5.74, 6) is 1.21. The Hall–Kier alpha value is -0.480. The number of nitrogens with one attached hydrogen (secondary N) is 1. The van der Waals surface area contributed by atoms with Gasteiger partial charge in [0.2, 0.25) is 0 Å². The Balaban J connectivity index is 2.47. The van der Waals surface area contributed by atoms with Gasteiger partial charge in [0.1, 0.15) is 0 Å². The topological polar surface area (TPSA) is 29.9 Å². The summed E-state index contributed by atoms with van der Waals surface area (Å²) >= 11 is 1.89. The van der Waals surface area contributed by atoms with E-state index < -0.39 is 0 Å². The molecule has 1 aromatic heterocycles. The Bertz CT molecular complexity index is 269. The molecule has 0 aliphatic heterocycles. The van der Waals surface area contributed by atoms with Crippen LogP contribution in [0.4, 0.5) is 0 Å². The molecule has 1 N–H and O–H groups in total. The van der Waals surface area contributed by atoms with E-state index in [0.717, 1.165) is 13.0 Å². The molecule has 0 saturated heterocycles. The van der Waals surface area contributed by atoms with Gasteiger partial charge in [-0.2, -0.15) is 16.9 Å². The van der Waals surface area contributed by atoms with Crippen LogP contribution in [0.3, 0.4) is 0 Å². The second-order valence-electron chi connectivity index (χ2n) is 3.63. The Kier molecular flexibility index (Phi) is 5.79. The van der Waals surface area contributed by atoms with Crippen molar-refractivity contribution in [1.29, 1.82) is 0 Å². The van der Waals surface area contributed by atoms with Gasteiger partial charge in [-0.15, -0.1) is 0 Å². The number of thioether (sulfide) groups is 1. The number of hydrogen-bond donors (Lipinski definition) is 1. The van der Waals surface area contributed by atoms with Crippen molar-refractivity contribution in [3.05, 3.63) is 18.0 Å². The molecule has 3 nitrogen and oxygen atoms in total. The van der Waals surface area contributed by atoms with Crippen molar-refractivity contribution >= 4 is 11.8 Å². The van der Waals surface area contributed by atoms with E-state index in [9.17, 15) is 0 Å². The Labute approximate surface area is 96.6 Å². The lowest BCUT2D eigenvalue weighted by Crippen LogP contribution is -2.14. The van der Waals surface area contributed by atoms with E-state index >= 15 is 0 Å². The van der Waals surface area contributed by atoms with Crippen molar-refractivity contribution in [3.63, 3.8) is 0 Å². The highest BCUT2D eigenvalue weighted by molar-refractivity contribution is 7.98. The lowest BCUT2D eigenvalue weighted by molar-refractivity contribution is 0.571. The van der Waals surface area contributed by atoms with Crippen LogP contribution in [0.2, 0.25) is 0 Å². The molecular weight excluding hydrogens is 206 g/mol. The molecule has 0 fully saturated rings. The number of aryl methyl sites for hydroxylation is 1. The van der Waals surface area contributed by atoms with Gasteiger partial charge < -0.3 is 5.32 Å². The first-order valence-corrected chi connectivity index (χ1v) is 6.89. The minimum atomic E-state index is 0.444. The second kappa shape index (κ2) is 6.90. The molecule has 0 aliphatic rings. The fourth-order valence-corrected chi connectivity index (χ4v) is 2.08. The van der Waals surface area contributed by atoms with Crippen molar-refractivity contribution in [2.24, 2.45) is 0 Å². The van der Waals surface area contributed by atoms with E-state index in [1.807, 2.05) is 29.7 Å². The first-order valence-electron chi connectivity index (χ1n) is 5.50. The highest BCUT2D eigenvalue weighted by Gasteiger charge is 2.08. The molecule has 0 radical (unpaired) electrons. The number of rotatable bonds is 7. The third-order valence-electron chi connectivity index (χ3n) is 2.55. The largest absolute Gasteiger partial charge is 0.313 e. The lowest BCUT2D eigenvalue weighted by Gasteiger charge is -2.10. The molecule has 0 bridgehead atoms. The van der Waals surface area contributed by atoms with Crippen molar-refractivity contribution < 1.29 is 0 Å². The maximum absolute atomic E-state index is 4.37. The quantitative estimate of drug-likeness (QED) is 0.725. The van der Waals surface area contributed by atoms with Crippen LogP contribution in [-0.4, -0.2) is 28.8 Å². The van der Waals surface area contributed by atoms with E-state index in [2.05, 4.69) is 29.8 Å². The fourth-order valence-electron chi connectivity index (χ4n) is 1.66. The Morgan fingerprint density at radius 3 is 3.00 bits per heavy atom. The highest BCUT2D eigenvalue weighted by Crippen LogP contribution is 2.14. The van der Waals surface area contributed by atoms with Crippen LogP contribution in [0, 0.1) is 0 Å². The lowest BCUT2D eigenvalue weighted by atomic mass is 10.1. The molecule has 86 valence electrons. The van der Waals surface area contributed by atoms with Crippen LogP contribution in [-0.2, 0) is 6.54 Å². The van der Waals surface area contributed by atoms with Gasteiger partial charge in [-0.25, -0.2) is 0 Å². The average Bonchev–Trinajstić information content (AvgIpc) is 2.69. The monoisotopic (exact) mass is 227 g/mol. The van der Waals surface area contributed by atoms with Crippen LogP contribution in [0.15, 0.2) is 12.4 Å². The van der Waals surface area contributed by atoms with Crippen molar-refractivity contribution in [2.75, 3.05) is 19.1 Å². The zero-order chi connectivity index (χ0) is 11.1. The van der Waals surface area contributed by atoms with E-state index in [4.69, 9.17) is 0 Å². The zero-order valence-corrected chi connectivity index (χ0v) is 10.7. The van der Waals surface area contributed by atoms with Gasteiger partial charge in [0.05, 0.1) is 6.20 Å². The maximum atomic E-state index is 4.37. The molecule has 0 aliphatic carbocycles. The summed E-state index contributed by atoms with van der Waals surface area (Å²) in [6, 6.07) is 0.444. The summed E-state index contributed by atoms with van der Waals surface area (Å²) in [6.07, 6.45) is 8.57. The van der Waals surface area contributed by atoms with E-state index in [0.29, 0.717) is 6.04 Å². The second-order valence-corrected chi connectivity index (χ2v) is 4.62. The third-order valence-corrected chi connectivity index (χ3v) is 3.24. The summed E-state index contributed by atoms with van der Waals surface area (Å²) in [5.41, 5.74) is 1.30. The van der Waals surface area contributed by atoms with Gasteiger partial charge in [-0.3, -0.25) is 4.68 Å². The van der Waals surface area contributed by atoms with Crippen LogP contribution < -0.4 is 5.32 Å². The van der Waals surface area contributed by atoms with Crippen molar-refractivity contribution in [1.82, 2.24) is 15.1 Å². The van der Waals surface area contributed by atoms with Crippen LogP contribution in [0.5, 0.6) is 0 Å². The molecule has 0 spiro atoms. The van der Waals surface area contributed by atoms with Gasteiger partial charge in [-0.05, 0) is 31.9 Å². The SMILES string of the molecule is CCC(NC)c1cnn(CCCSC)c1. The summed E-state index contributed by atoms with van der Waals surface area (Å²) in [6.45, 7) is 3.22. The summed E-state index contributed by atoms with van der Waals surface area (Å²) in [7, 11) is 2.00. The van der Waals surface area contributed by atoms with Crippen LogP contribution in [0.1, 0.15) is 31.4 Å². The summed E-state index contributed by atoms with van der Waals surface area (Å²) in [5, 5.41) is 7.66. The first kappa shape index (κ1) is 12.6. The molecule has 15 heavy (non-hydrogen) atoms. The van der Waals surface area contributed by atoms with E-state index in [-0.39, 0.29) is 0 Å². The summed E-state index contributed by atoms with van der Waals surface area (Å²) in [4.78, 5) is 0. The third kappa shape index (κ3) is 3.87. The fraction of sp³-hybridized carbons (Fsp3) is 0.727. The van der Waals surface area contributed by atoms with Crippen molar-refractivity contribution in [3.8, 4) is 0 Å². The predicted molar refractivity (Wildman–Crippen MR) is 67.3 cm³/mol. The molecule has 1 aromatic rings. The molecule has 4 heteroatoms. The van der Waals surface area contributed by atoms with Crippen LogP contribution >= 0.6 is 11.8 Å². The van der Waals surface area contributed by atoms with E-state index in [1.165, 1.54) is 17.7 Å². The van der Waals surface area contributed by atoms with E-state index in [1.54, 1.807) is 0 Å². The first-order chi connectivity index (χ1) is 7.31. The standard InChI is InChI=1S/C11H21N3S/c1-4-11(12-2)10-8-13-14(9-10)6-5-7-15-3/h8-9,11-12H,4-7H2,1-3H3. The van der Waals surface area contributed by atoms with Gasteiger partial charge in [-0.1, -0.05) is 6.92 Å². The minimum Gasteiger partial charge on any atom is -0.313 e. The smallest absolute Gasteiger partial charge is 0.0537 e. The average molecular weight is 227 g/mol.